The molecular weight excluding hydrogens is 294 g/mol. The second-order valence-corrected chi connectivity index (χ2v) is 6.15. The molecule has 1 aromatic carbocycles. The van der Waals surface area contributed by atoms with Crippen molar-refractivity contribution in [1.29, 1.82) is 0 Å². The molecule has 8 nitrogen and oxygen atoms in total. The van der Waals surface area contributed by atoms with Gasteiger partial charge in [0.2, 0.25) is 0 Å². The zero-order valence-electron chi connectivity index (χ0n) is 11.5. The summed E-state index contributed by atoms with van der Waals surface area (Å²) >= 11 is 0. The van der Waals surface area contributed by atoms with Crippen LogP contribution in [0.3, 0.4) is 0 Å². The SMILES string of the molecule is Cc1ccc(C(N)=NO)cc1NS(=O)(=O)c1cnn(C)c1. The molecule has 0 amide bonds. The summed E-state index contributed by atoms with van der Waals surface area (Å²) in [6, 6.07) is 4.80. The lowest BCUT2D eigenvalue weighted by Crippen LogP contribution is -2.16. The molecule has 2 rings (SSSR count). The minimum Gasteiger partial charge on any atom is -0.409 e. The molecule has 21 heavy (non-hydrogen) atoms. The summed E-state index contributed by atoms with van der Waals surface area (Å²) in [5.74, 6) is -0.100. The van der Waals surface area contributed by atoms with Crippen molar-refractivity contribution < 1.29 is 13.6 Å². The molecule has 0 unspecified atom stereocenters. The predicted molar refractivity (Wildman–Crippen MR) is 77.7 cm³/mol. The highest BCUT2D eigenvalue weighted by atomic mass is 32.2. The molecule has 0 aliphatic heterocycles. The van der Waals surface area contributed by atoms with Gasteiger partial charge in [0.15, 0.2) is 5.84 Å². The Morgan fingerprint density at radius 2 is 2.19 bits per heavy atom. The second-order valence-electron chi connectivity index (χ2n) is 4.47. The first kappa shape index (κ1) is 14.9. The van der Waals surface area contributed by atoms with Gasteiger partial charge < -0.3 is 10.9 Å². The summed E-state index contributed by atoms with van der Waals surface area (Å²) in [5, 5.41) is 15.4. The smallest absolute Gasteiger partial charge is 0.265 e. The van der Waals surface area contributed by atoms with Crippen molar-refractivity contribution >= 4 is 21.5 Å². The van der Waals surface area contributed by atoms with Gasteiger partial charge in [0.05, 0.1) is 11.9 Å². The Labute approximate surface area is 121 Å². The number of sulfonamides is 1. The van der Waals surface area contributed by atoms with Crippen LogP contribution in [0.5, 0.6) is 0 Å². The van der Waals surface area contributed by atoms with Crippen molar-refractivity contribution in [3.05, 3.63) is 41.7 Å². The average Bonchev–Trinajstić information content (AvgIpc) is 2.87. The topological polar surface area (TPSA) is 123 Å². The van der Waals surface area contributed by atoms with E-state index >= 15 is 0 Å². The van der Waals surface area contributed by atoms with Crippen molar-refractivity contribution in [2.45, 2.75) is 11.8 Å². The van der Waals surface area contributed by atoms with Gasteiger partial charge in [-0.1, -0.05) is 17.3 Å². The molecule has 0 aliphatic rings. The monoisotopic (exact) mass is 309 g/mol. The number of nitrogens with zero attached hydrogens (tertiary/aromatic N) is 3. The minimum absolute atomic E-state index is 0.0543. The Morgan fingerprint density at radius 1 is 1.48 bits per heavy atom. The summed E-state index contributed by atoms with van der Waals surface area (Å²) < 4.78 is 28.3. The van der Waals surface area contributed by atoms with E-state index in [0.29, 0.717) is 16.8 Å². The van der Waals surface area contributed by atoms with E-state index in [1.54, 1.807) is 26.1 Å². The van der Waals surface area contributed by atoms with Crippen LogP contribution in [0.2, 0.25) is 0 Å². The fourth-order valence-electron chi connectivity index (χ4n) is 1.69. The van der Waals surface area contributed by atoms with Crippen LogP contribution in [0.25, 0.3) is 0 Å². The lowest BCUT2D eigenvalue weighted by atomic mass is 10.1. The molecular formula is C12H15N5O3S. The molecule has 9 heteroatoms. The van der Waals surface area contributed by atoms with E-state index < -0.39 is 10.0 Å². The van der Waals surface area contributed by atoms with Crippen LogP contribution in [0.4, 0.5) is 5.69 Å². The van der Waals surface area contributed by atoms with E-state index in [9.17, 15) is 8.42 Å². The first-order chi connectivity index (χ1) is 9.83. The number of rotatable bonds is 4. The molecule has 0 atom stereocenters. The number of hydrogen-bond acceptors (Lipinski definition) is 5. The minimum atomic E-state index is -3.74. The third-order valence-corrected chi connectivity index (χ3v) is 4.20. The molecule has 2 aromatic rings. The van der Waals surface area contributed by atoms with Crippen LogP contribution in [-0.2, 0) is 17.1 Å². The Kier molecular flexibility index (Phi) is 3.85. The number of oxime groups is 1. The first-order valence-electron chi connectivity index (χ1n) is 5.93. The third-order valence-electron chi connectivity index (χ3n) is 2.88. The van der Waals surface area contributed by atoms with Gasteiger partial charge in [-0.05, 0) is 18.6 Å². The van der Waals surface area contributed by atoms with Gasteiger partial charge in [0.25, 0.3) is 10.0 Å². The standard InChI is InChI=1S/C12H15N5O3S/c1-8-3-4-9(12(13)15-18)5-11(8)16-21(19,20)10-6-14-17(2)7-10/h3-7,16,18H,1-2H3,(H2,13,15). The van der Waals surface area contributed by atoms with Crippen LogP contribution in [0, 0.1) is 6.92 Å². The highest BCUT2D eigenvalue weighted by molar-refractivity contribution is 7.92. The number of hydrogen-bond donors (Lipinski definition) is 3. The van der Waals surface area contributed by atoms with Crippen molar-refractivity contribution in [3.8, 4) is 0 Å². The van der Waals surface area contributed by atoms with E-state index in [4.69, 9.17) is 10.9 Å². The van der Waals surface area contributed by atoms with Crippen molar-refractivity contribution in [1.82, 2.24) is 9.78 Å². The van der Waals surface area contributed by atoms with E-state index in [0.717, 1.165) is 0 Å². The Morgan fingerprint density at radius 3 is 2.76 bits per heavy atom. The summed E-state index contributed by atoms with van der Waals surface area (Å²) in [6.45, 7) is 1.75. The summed E-state index contributed by atoms with van der Waals surface area (Å²) in [7, 11) is -2.11. The Balaban J connectivity index is 2.39. The van der Waals surface area contributed by atoms with Crippen LogP contribution >= 0.6 is 0 Å². The zero-order valence-corrected chi connectivity index (χ0v) is 12.3. The number of aromatic nitrogens is 2. The van der Waals surface area contributed by atoms with Crippen LogP contribution in [0.1, 0.15) is 11.1 Å². The molecule has 112 valence electrons. The number of anilines is 1. The number of aryl methyl sites for hydroxylation is 2. The second kappa shape index (κ2) is 5.44. The van der Waals surface area contributed by atoms with Gasteiger partial charge in [-0.25, -0.2) is 8.42 Å². The van der Waals surface area contributed by atoms with Crippen molar-refractivity contribution in [2.24, 2.45) is 17.9 Å². The van der Waals surface area contributed by atoms with Crippen molar-refractivity contribution in [3.63, 3.8) is 0 Å². The zero-order chi connectivity index (χ0) is 15.6. The maximum Gasteiger partial charge on any atom is 0.265 e. The molecule has 0 fully saturated rings. The number of benzene rings is 1. The third kappa shape index (κ3) is 3.14. The van der Waals surface area contributed by atoms with E-state index in [1.807, 2.05) is 0 Å². The normalized spacial score (nSPS) is 12.4. The average molecular weight is 309 g/mol. The first-order valence-corrected chi connectivity index (χ1v) is 7.42. The largest absolute Gasteiger partial charge is 0.409 e. The quantitative estimate of drug-likeness (QED) is 0.331. The van der Waals surface area contributed by atoms with Gasteiger partial charge in [0, 0.05) is 18.8 Å². The van der Waals surface area contributed by atoms with E-state index in [-0.39, 0.29) is 10.7 Å². The molecule has 0 aliphatic carbocycles. The number of amidine groups is 1. The van der Waals surface area contributed by atoms with Gasteiger partial charge in [0.1, 0.15) is 4.90 Å². The van der Waals surface area contributed by atoms with Crippen LogP contribution in [-0.4, -0.2) is 29.2 Å². The fourth-order valence-corrected chi connectivity index (χ4v) is 2.79. The predicted octanol–water partition coefficient (Wildman–Crippen LogP) is 0.624. The lowest BCUT2D eigenvalue weighted by molar-refractivity contribution is 0.318. The molecule has 4 N–H and O–H groups in total. The van der Waals surface area contributed by atoms with Gasteiger partial charge >= 0.3 is 0 Å². The lowest BCUT2D eigenvalue weighted by Gasteiger charge is -2.10. The van der Waals surface area contributed by atoms with Gasteiger partial charge in [-0.15, -0.1) is 0 Å². The number of nitrogens with one attached hydrogen (secondary N) is 1. The maximum absolute atomic E-state index is 12.2. The molecule has 0 saturated carbocycles. The van der Waals surface area contributed by atoms with Crippen LogP contribution in [0.15, 0.2) is 40.6 Å². The molecule has 0 radical (unpaired) electrons. The van der Waals surface area contributed by atoms with E-state index in [2.05, 4.69) is 15.0 Å². The van der Waals surface area contributed by atoms with E-state index in [1.165, 1.54) is 23.1 Å². The summed E-state index contributed by atoms with van der Waals surface area (Å²) in [4.78, 5) is 0.0543. The Bertz CT molecular complexity index is 795. The molecule has 1 heterocycles. The van der Waals surface area contributed by atoms with Gasteiger partial charge in [-0.2, -0.15) is 5.10 Å². The van der Waals surface area contributed by atoms with Crippen molar-refractivity contribution in [2.75, 3.05) is 4.72 Å². The fraction of sp³-hybridized carbons (Fsp3) is 0.167. The molecule has 1 aromatic heterocycles. The highest BCUT2D eigenvalue weighted by Crippen LogP contribution is 2.21. The molecule has 0 spiro atoms. The number of nitrogens with two attached hydrogens (primary N) is 1. The maximum atomic E-state index is 12.2. The van der Waals surface area contributed by atoms with Gasteiger partial charge in [-0.3, -0.25) is 9.40 Å². The molecule has 0 bridgehead atoms. The molecule has 0 saturated heterocycles. The summed E-state index contributed by atoms with van der Waals surface area (Å²) in [5.41, 5.74) is 6.97. The highest BCUT2D eigenvalue weighted by Gasteiger charge is 2.17. The summed E-state index contributed by atoms with van der Waals surface area (Å²) in [6.07, 6.45) is 2.65. The van der Waals surface area contributed by atoms with Crippen LogP contribution < -0.4 is 10.5 Å². The Hall–Kier alpha value is -2.55.